The van der Waals surface area contributed by atoms with Crippen molar-refractivity contribution >= 4 is 52.3 Å². The predicted molar refractivity (Wildman–Crippen MR) is 136 cm³/mol. The summed E-state index contributed by atoms with van der Waals surface area (Å²) in [6, 6.07) is 21.7. The van der Waals surface area contributed by atoms with Gasteiger partial charge in [-0.05, 0) is 84.5 Å². The second kappa shape index (κ2) is 8.01. The van der Waals surface area contributed by atoms with Crippen LogP contribution in [0.3, 0.4) is 0 Å². The highest BCUT2D eigenvalue weighted by Crippen LogP contribution is 2.28. The van der Waals surface area contributed by atoms with Crippen molar-refractivity contribution in [1.29, 1.82) is 0 Å². The first-order valence-corrected chi connectivity index (χ1v) is 10.9. The van der Waals surface area contributed by atoms with Gasteiger partial charge in [0, 0.05) is 27.6 Å². The molecule has 2 aliphatic rings. The lowest BCUT2D eigenvalue weighted by molar-refractivity contribution is 0.0601. The van der Waals surface area contributed by atoms with Crippen LogP contribution in [0.1, 0.15) is 33.1 Å². The molecule has 0 saturated heterocycles. The van der Waals surface area contributed by atoms with Gasteiger partial charge in [-0.1, -0.05) is 12.1 Å². The molecule has 6 nitrogen and oxygen atoms in total. The van der Waals surface area contributed by atoms with Gasteiger partial charge >= 0.3 is 5.97 Å². The Morgan fingerprint density at radius 3 is 1.97 bits per heavy atom. The van der Waals surface area contributed by atoms with Crippen LogP contribution in [0.25, 0.3) is 57.5 Å². The number of hydrogen-bond donors (Lipinski definition) is 2. The number of carbonyl (C=O) groups excluding carboxylic acids is 1. The van der Waals surface area contributed by atoms with Crippen LogP contribution in [0.5, 0.6) is 0 Å². The van der Waals surface area contributed by atoms with Crippen molar-refractivity contribution < 1.29 is 9.53 Å². The number of benzene rings is 1. The zero-order chi connectivity index (χ0) is 23.1. The first-order valence-electron chi connectivity index (χ1n) is 10.9. The van der Waals surface area contributed by atoms with Crippen LogP contribution in [-0.4, -0.2) is 33.0 Å². The van der Waals surface area contributed by atoms with Gasteiger partial charge in [-0.2, -0.15) is 0 Å². The summed E-state index contributed by atoms with van der Waals surface area (Å²) < 4.78 is 4.82. The minimum absolute atomic E-state index is 0.353. The summed E-state index contributed by atoms with van der Waals surface area (Å²) in [4.78, 5) is 28.2. The summed E-state index contributed by atoms with van der Waals surface area (Å²) >= 11 is 0. The Labute approximate surface area is 195 Å². The zero-order valence-electron chi connectivity index (χ0n) is 18.4. The lowest BCUT2D eigenvalue weighted by Gasteiger charge is -2.02. The number of nitrogens with one attached hydrogen (secondary N) is 2. The average molecular weight is 444 g/mol. The maximum Gasteiger partial charge on any atom is 0.337 e. The number of aromatic nitrogens is 4. The predicted octanol–water partition coefficient (Wildman–Crippen LogP) is 6.11. The molecular formula is C28H20N4O2. The van der Waals surface area contributed by atoms with Gasteiger partial charge in [-0.3, -0.25) is 0 Å². The maximum absolute atomic E-state index is 11.8. The number of esters is 1. The van der Waals surface area contributed by atoms with E-state index in [0.29, 0.717) is 5.56 Å². The number of fused-ring (bicyclic) bond motifs is 8. The maximum atomic E-state index is 11.8. The topological polar surface area (TPSA) is 83.7 Å². The Hall–Kier alpha value is -4.71. The Balaban J connectivity index is 1.59. The molecule has 2 N–H and O–H groups in total. The molecular weight excluding hydrogens is 424 g/mol. The summed E-state index contributed by atoms with van der Waals surface area (Å²) in [5.74, 6) is -0.353. The van der Waals surface area contributed by atoms with E-state index in [1.165, 1.54) is 7.11 Å². The second-order valence-corrected chi connectivity index (χ2v) is 8.16. The smallest absolute Gasteiger partial charge is 0.337 e. The molecule has 34 heavy (non-hydrogen) atoms. The van der Waals surface area contributed by atoms with Gasteiger partial charge in [0.25, 0.3) is 0 Å². The van der Waals surface area contributed by atoms with Crippen LogP contribution in [0.4, 0.5) is 0 Å². The van der Waals surface area contributed by atoms with Crippen LogP contribution >= 0.6 is 0 Å². The van der Waals surface area contributed by atoms with E-state index in [2.05, 4.69) is 27.1 Å². The Morgan fingerprint density at radius 1 is 0.676 bits per heavy atom. The minimum Gasteiger partial charge on any atom is -0.465 e. The van der Waals surface area contributed by atoms with Gasteiger partial charge in [0.1, 0.15) is 0 Å². The first kappa shape index (κ1) is 19.9. The highest BCUT2D eigenvalue weighted by atomic mass is 16.5. The number of rotatable bonds is 2. The fourth-order valence-electron chi connectivity index (χ4n) is 4.16. The third kappa shape index (κ3) is 3.82. The molecule has 4 aromatic rings. The van der Waals surface area contributed by atoms with Gasteiger partial charge < -0.3 is 14.7 Å². The summed E-state index contributed by atoms with van der Waals surface area (Å²) in [7, 11) is 1.38. The van der Waals surface area contributed by atoms with Crippen molar-refractivity contribution in [1.82, 2.24) is 19.9 Å². The van der Waals surface area contributed by atoms with E-state index in [4.69, 9.17) is 9.72 Å². The summed E-state index contributed by atoms with van der Waals surface area (Å²) in [6.45, 7) is 0. The summed E-state index contributed by atoms with van der Waals surface area (Å²) in [5, 5.41) is 0. The Kier molecular flexibility index (Phi) is 4.70. The van der Waals surface area contributed by atoms with E-state index in [-0.39, 0.29) is 5.97 Å². The van der Waals surface area contributed by atoms with Crippen molar-refractivity contribution in [3.63, 3.8) is 0 Å². The molecule has 3 aromatic heterocycles. The third-order valence-electron chi connectivity index (χ3n) is 5.79. The molecule has 0 unspecified atom stereocenters. The molecule has 5 heterocycles. The fourth-order valence-corrected chi connectivity index (χ4v) is 4.16. The fraction of sp³-hybridized carbons (Fsp3) is 0.0357. The SMILES string of the molecule is COC(=O)c1ccc(-c2cc3cc4ccc(cc5nc(cc6nc(cc2[nH]3)C=C6)C=C5)[nH]4)cc1. The molecule has 0 aliphatic carbocycles. The first-order chi connectivity index (χ1) is 16.6. The van der Waals surface area contributed by atoms with E-state index in [0.717, 1.165) is 56.0 Å². The number of nitrogens with zero attached hydrogens (tertiary/aromatic N) is 2. The van der Waals surface area contributed by atoms with E-state index < -0.39 is 0 Å². The standard InChI is InChI=1S/C28H20N4O2/c1-34-28(33)18-4-2-17(3-5-18)26-15-25-14-23-9-8-21(30-23)12-19-6-7-20(29-19)13-22-10-11-24(31-22)16-27(26)32-25/h2-16,30,32H,1H3. The summed E-state index contributed by atoms with van der Waals surface area (Å²) in [5.41, 5.74) is 9.82. The highest BCUT2D eigenvalue weighted by molar-refractivity contribution is 5.92. The quantitative estimate of drug-likeness (QED) is 0.316. The van der Waals surface area contributed by atoms with Crippen molar-refractivity contribution in [2.75, 3.05) is 7.11 Å². The molecule has 0 spiro atoms. The van der Waals surface area contributed by atoms with Gasteiger partial charge in [0.05, 0.1) is 35.4 Å². The normalized spacial score (nSPS) is 12.1. The molecule has 0 radical (unpaired) electrons. The second-order valence-electron chi connectivity index (χ2n) is 8.16. The number of aromatic amines is 2. The molecule has 1 aromatic carbocycles. The van der Waals surface area contributed by atoms with Crippen LogP contribution < -0.4 is 0 Å². The lowest BCUT2D eigenvalue weighted by Crippen LogP contribution is -2.00. The number of ether oxygens (including phenoxy) is 1. The number of carbonyl (C=O) groups is 1. The molecule has 0 amide bonds. The molecule has 164 valence electrons. The number of H-pyrrole nitrogens is 2. The van der Waals surface area contributed by atoms with E-state index in [1.54, 1.807) is 12.1 Å². The van der Waals surface area contributed by atoms with E-state index in [1.807, 2.05) is 66.8 Å². The number of hydrogen-bond acceptors (Lipinski definition) is 4. The molecule has 8 bridgehead atoms. The summed E-state index contributed by atoms with van der Waals surface area (Å²) in [6.07, 6.45) is 7.97. The van der Waals surface area contributed by atoms with Crippen molar-refractivity contribution in [2.45, 2.75) is 0 Å². The molecule has 6 rings (SSSR count). The molecule has 6 heteroatoms. The number of methoxy groups -OCH3 is 1. The van der Waals surface area contributed by atoms with Gasteiger partial charge in [0.15, 0.2) is 0 Å². The van der Waals surface area contributed by atoms with Crippen molar-refractivity contribution in [3.8, 4) is 11.1 Å². The molecule has 0 fully saturated rings. The van der Waals surface area contributed by atoms with Crippen LogP contribution in [0.2, 0.25) is 0 Å². The van der Waals surface area contributed by atoms with E-state index in [9.17, 15) is 4.79 Å². The molecule has 0 atom stereocenters. The Morgan fingerprint density at radius 2 is 1.29 bits per heavy atom. The average Bonchev–Trinajstić information content (AvgIpc) is 3.64. The molecule has 2 aliphatic heterocycles. The lowest BCUT2D eigenvalue weighted by atomic mass is 10.0. The molecule has 0 saturated carbocycles. The van der Waals surface area contributed by atoms with Gasteiger partial charge in [0.2, 0.25) is 0 Å². The highest BCUT2D eigenvalue weighted by Gasteiger charge is 2.09. The Bertz CT molecular complexity index is 1650. The van der Waals surface area contributed by atoms with Crippen molar-refractivity contribution in [2.24, 2.45) is 0 Å². The van der Waals surface area contributed by atoms with Crippen LogP contribution in [0.15, 0.2) is 66.7 Å². The zero-order valence-corrected chi connectivity index (χ0v) is 18.4. The largest absolute Gasteiger partial charge is 0.465 e. The van der Waals surface area contributed by atoms with Crippen LogP contribution in [-0.2, 0) is 4.74 Å². The van der Waals surface area contributed by atoms with Gasteiger partial charge in [-0.25, -0.2) is 14.8 Å². The minimum atomic E-state index is -0.353. The monoisotopic (exact) mass is 444 g/mol. The van der Waals surface area contributed by atoms with Crippen molar-refractivity contribution in [3.05, 3.63) is 95.1 Å². The van der Waals surface area contributed by atoms with Gasteiger partial charge in [-0.15, -0.1) is 0 Å². The van der Waals surface area contributed by atoms with E-state index >= 15 is 0 Å². The third-order valence-corrected chi connectivity index (χ3v) is 5.79. The van der Waals surface area contributed by atoms with Crippen LogP contribution in [0, 0.1) is 0 Å².